The van der Waals surface area contributed by atoms with Gasteiger partial charge in [-0.05, 0) is 47.5 Å². The van der Waals surface area contributed by atoms with Crippen LogP contribution in [-0.4, -0.2) is 23.3 Å². The lowest BCUT2D eigenvalue weighted by Crippen LogP contribution is -2.42. The molecule has 0 radical (unpaired) electrons. The average molecular weight is 303 g/mol. The van der Waals surface area contributed by atoms with Crippen LogP contribution in [0, 0.1) is 0 Å². The van der Waals surface area contributed by atoms with Crippen LogP contribution in [0.15, 0.2) is 66.9 Å². The van der Waals surface area contributed by atoms with Crippen molar-refractivity contribution in [3.8, 4) is 5.75 Å². The Balaban J connectivity index is 1.80. The SMILES string of the molecule is COc1ccc2cc(C3=CC(=O)C4(C)C=CC=CN34)ccc2c1. The van der Waals surface area contributed by atoms with Crippen molar-refractivity contribution < 1.29 is 9.53 Å². The van der Waals surface area contributed by atoms with E-state index in [-0.39, 0.29) is 5.78 Å². The Morgan fingerprint density at radius 3 is 2.65 bits per heavy atom. The molecule has 3 nitrogen and oxygen atoms in total. The summed E-state index contributed by atoms with van der Waals surface area (Å²) >= 11 is 0. The van der Waals surface area contributed by atoms with E-state index in [1.165, 1.54) is 0 Å². The number of carbonyl (C=O) groups excluding carboxylic acids is 1. The number of hydrogen-bond donors (Lipinski definition) is 0. The van der Waals surface area contributed by atoms with Crippen molar-refractivity contribution in [3.05, 3.63) is 72.5 Å². The average Bonchev–Trinajstić information content (AvgIpc) is 2.85. The number of nitrogens with zero attached hydrogens (tertiary/aromatic N) is 1. The van der Waals surface area contributed by atoms with Gasteiger partial charge >= 0.3 is 0 Å². The highest BCUT2D eigenvalue weighted by atomic mass is 16.5. The second-order valence-corrected chi connectivity index (χ2v) is 6.04. The molecule has 0 aromatic heterocycles. The molecule has 114 valence electrons. The highest BCUT2D eigenvalue weighted by Gasteiger charge is 2.42. The van der Waals surface area contributed by atoms with Gasteiger partial charge in [0.1, 0.15) is 11.3 Å². The minimum absolute atomic E-state index is 0.114. The minimum atomic E-state index is -0.598. The van der Waals surface area contributed by atoms with Crippen LogP contribution in [0.5, 0.6) is 5.75 Å². The van der Waals surface area contributed by atoms with Crippen molar-refractivity contribution in [3.63, 3.8) is 0 Å². The Kier molecular flexibility index (Phi) is 2.91. The number of allylic oxidation sites excluding steroid dienone is 2. The van der Waals surface area contributed by atoms with E-state index in [0.29, 0.717) is 0 Å². The monoisotopic (exact) mass is 303 g/mol. The van der Waals surface area contributed by atoms with Crippen LogP contribution in [0.2, 0.25) is 0 Å². The quantitative estimate of drug-likeness (QED) is 0.842. The van der Waals surface area contributed by atoms with E-state index >= 15 is 0 Å². The first-order valence-corrected chi connectivity index (χ1v) is 7.61. The molecule has 0 saturated carbocycles. The first-order chi connectivity index (χ1) is 11.1. The van der Waals surface area contributed by atoms with Crippen LogP contribution in [0.1, 0.15) is 12.5 Å². The van der Waals surface area contributed by atoms with E-state index < -0.39 is 5.54 Å². The van der Waals surface area contributed by atoms with Crippen molar-refractivity contribution in [1.82, 2.24) is 4.90 Å². The van der Waals surface area contributed by atoms with E-state index in [2.05, 4.69) is 18.2 Å². The van der Waals surface area contributed by atoms with Crippen molar-refractivity contribution in [2.75, 3.05) is 7.11 Å². The lowest BCUT2D eigenvalue weighted by atomic mass is 9.95. The van der Waals surface area contributed by atoms with Crippen molar-refractivity contribution in [2.45, 2.75) is 12.5 Å². The summed E-state index contributed by atoms with van der Waals surface area (Å²) in [5.74, 6) is 0.958. The third-order valence-electron chi connectivity index (χ3n) is 4.64. The first-order valence-electron chi connectivity index (χ1n) is 7.61. The Labute approximate surface area is 135 Å². The van der Waals surface area contributed by atoms with Crippen LogP contribution >= 0.6 is 0 Å². The Hall–Kier alpha value is -2.81. The lowest BCUT2D eigenvalue weighted by Gasteiger charge is -2.34. The molecule has 0 spiro atoms. The number of carbonyl (C=O) groups is 1. The highest BCUT2D eigenvalue weighted by Crippen LogP contribution is 2.38. The number of rotatable bonds is 2. The maximum absolute atomic E-state index is 12.4. The molecule has 1 unspecified atom stereocenters. The summed E-state index contributed by atoms with van der Waals surface area (Å²) < 4.78 is 5.27. The zero-order valence-electron chi connectivity index (χ0n) is 13.1. The fraction of sp³-hybridized carbons (Fsp3) is 0.150. The van der Waals surface area contributed by atoms with Gasteiger partial charge in [0.25, 0.3) is 0 Å². The summed E-state index contributed by atoms with van der Waals surface area (Å²) in [6, 6.07) is 12.2. The molecular formula is C20H17NO2. The minimum Gasteiger partial charge on any atom is -0.497 e. The molecule has 0 aliphatic carbocycles. The van der Waals surface area contributed by atoms with Crippen LogP contribution < -0.4 is 4.74 Å². The van der Waals surface area contributed by atoms with Gasteiger partial charge in [0.2, 0.25) is 0 Å². The van der Waals surface area contributed by atoms with Crippen molar-refractivity contribution in [2.24, 2.45) is 0 Å². The van der Waals surface area contributed by atoms with Gasteiger partial charge in [-0.15, -0.1) is 0 Å². The molecule has 3 heteroatoms. The fourth-order valence-corrected chi connectivity index (χ4v) is 3.22. The highest BCUT2D eigenvalue weighted by molar-refractivity contribution is 6.10. The Morgan fingerprint density at radius 2 is 1.83 bits per heavy atom. The fourth-order valence-electron chi connectivity index (χ4n) is 3.22. The standard InChI is InChI=1S/C20H17NO2/c1-20-9-3-4-10-21(20)18(13-19(20)22)16-6-5-15-12-17(23-2)8-7-14(15)11-16/h3-13H,1-2H3. The zero-order chi connectivity index (χ0) is 16.0. The van der Waals surface area contributed by atoms with Gasteiger partial charge in [0.05, 0.1) is 12.8 Å². The molecule has 2 heterocycles. The summed E-state index contributed by atoms with van der Waals surface area (Å²) in [5, 5.41) is 2.25. The second-order valence-electron chi connectivity index (χ2n) is 6.04. The first kappa shape index (κ1) is 13.8. The molecule has 2 aromatic carbocycles. The van der Waals surface area contributed by atoms with Gasteiger partial charge in [-0.2, -0.15) is 0 Å². The summed E-state index contributed by atoms with van der Waals surface area (Å²) in [6.07, 6.45) is 9.54. The molecule has 0 N–H and O–H groups in total. The normalized spacial score (nSPS) is 22.4. The number of ether oxygens (including phenoxy) is 1. The van der Waals surface area contributed by atoms with E-state index in [9.17, 15) is 4.79 Å². The zero-order valence-corrected chi connectivity index (χ0v) is 13.1. The summed E-state index contributed by atoms with van der Waals surface area (Å²) in [5.41, 5.74) is 1.38. The van der Waals surface area contributed by atoms with Crippen LogP contribution in [0.4, 0.5) is 0 Å². The lowest BCUT2D eigenvalue weighted by molar-refractivity contribution is -0.119. The molecule has 1 atom stereocenters. The van der Waals surface area contributed by atoms with Gasteiger partial charge in [-0.1, -0.05) is 30.4 Å². The van der Waals surface area contributed by atoms with Crippen LogP contribution in [0.25, 0.3) is 16.5 Å². The molecule has 4 rings (SSSR count). The third-order valence-corrected chi connectivity index (χ3v) is 4.64. The molecular weight excluding hydrogens is 286 g/mol. The maximum atomic E-state index is 12.4. The molecule has 0 fully saturated rings. The predicted octanol–water partition coefficient (Wildman–Crippen LogP) is 3.92. The number of fused-ring (bicyclic) bond motifs is 2. The molecule has 2 aromatic rings. The van der Waals surface area contributed by atoms with Crippen molar-refractivity contribution in [1.29, 1.82) is 0 Å². The van der Waals surface area contributed by atoms with E-state index in [0.717, 1.165) is 27.8 Å². The largest absolute Gasteiger partial charge is 0.497 e. The summed E-state index contributed by atoms with van der Waals surface area (Å²) in [7, 11) is 1.67. The summed E-state index contributed by atoms with van der Waals surface area (Å²) in [4.78, 5) is 14.5. The topological polar surface area (TPSA) is 29.5 Å². The van der Waals surface area contributed by atoms with Gasteiger partial charge < -0.3 is 9.64 Å². The van der Waals surface area contributed by atoms with E-state index in [1.807, 2.05) is 54.5 Å². The Morgan fingerprint density at radius 1 is 1.04 bits per heavy atom. The van der Waals surface area contributed by atoms with E-state index in [4.69, 9.17) is 4.74 Å². The molecule has 23 heavy (non-hydrogen) atoms. The number of ketones is 1. The van der Waals surface area contributed by atoms with Crippen LogP contribution in [0.3, 0.4) is 0 Å². The van der Waals surface area contributed by atoms with Crippen LogP contribution in [-0.2, 0) is 4.79 Å². The number of benzene rings is 2. The van der Waals surface area contributed by atoms with Crippen molar-refractivity contribution >= 4 is 22.3 Å². The predicted molar refractivity (Wildman–Crippen MR) is 92.0 cm³/mol. The molecule has 2 aliphatic heterocycles. The van der Waals surface area contributed by atoms with Gasteiger partial charge in [-0.25, -0.2) is 0 Å². The molecule has 0 amide bonds. The van der Waals surface area contributed by atoms with Gasteiger partial charge in [0, 0.05) is 12.3 Å². The molecule has 2 aliphatic rings. The van der Waals surface area contributed by atoms with Gasteiger partial charge in [0.15, 0.2) is 5.78 Å². The molecule has 0 saturated heterocycles. The third kappa shape index (κ3) is 2.00. The summed E-state index contributed by atoms with van der Waals surface area (Å²) in [6.45, 7) is 1.95. The second kappa shape index (κ2) is 4.85. The molecule has 0 bridgehead atoms. The number of methoxy groups -OCH3 is 1. The Bertz CT molecular complexity index is 907. The number of hydrogen-bond acceptors (Lipinski definition) is 3. The smallest absolute Gasteiger partial charge is 0.187 e. The van der Waals surface area contributed by atoms with E-state index in [1.54, 1.807) is 13.2 Å². The maximum Gasteiger partial charge on any atom is 0.187 e. The van der Waals surface area contributed by atoms with Gasteiger partial charge in [-0.3, -0.25) is 4.79 Å².